The molecule has 1 fully saturated rings. The summed E-state index contributed by atoms with van der Waals surface area (Å²) in [5.74, 6) is 1.87. The van der Waals surface area contributed by atoms with Crippen molar-refractivity contribution in [3.05, 3.63) is 46.5 Å². The van der Waals surface area contributed by atoms with Crippen molar-refractivity contribution < 1.29 is 47.6 Å². The Morgan fingerprint density at radius 1 is 0.676 bits per heavy atom. The van der Waals surface area contributed by atoms with E-state index in [1.807, 2.05) is 0 Å². The number of carbonyl (C=O) groups excluding carboxylic acids is 1. The smallest absolute Gasteiger partial charge is 0.403 e. The Balaban J connectivity index is 2.13. The van der Waals surface area contributed by atoms with Crippen molar-refractivity contribution >= 4 is 25.7 Å². The zero-order valence-corrected chi connectivity index (χ0v) is 22.3. The maximum Gasteiger partial charge on any atom is 0.403 e. The number of Topliss-reactive ketones (excluding diaryl/α,β-unsaturated/α-hetero) is 1. The second-order valence-electron chi connectivity index (χ2n) is 7.92. The maximum absolute atomic E-state index is 13.5. The molecule has 1 heterocycles. The molecule has 0 atom stereocenters. The molecule has 1 saturated heterocycles. The van der Waals surface area contributed by atoms with Crippen LogP contribution in [0.5, 0.6) is 34.5 Å². The highest BCUT2D eigenvalue weighted by atomic mass is 31.2. The van der Waals surface area contributed by atoms with Gasteiger partial charge in [-0.05, 0) is 47.5 Å². The molecule has 0 aliphatic carbocycles. The number of piperidine rings is 1. The molecule has 0 aromatic heterocycles. The van der Waals surface area contributed by atoms with Crippen LogP contribution in [-0.2, 0) is 9.36 Å². The molecule has 0 amide bonds. The second kappa shape index (κ2) is 11.7. The average molecular weight is 535 g/mol. The Hall–Kier alpha value is -3.50. The van der Waals surface area contributed by atoms with E-state index in [2.05, 4.69) is 0 Å². The molecule has 0 saturated carbocycles. The van der Waals surface area contributed by atoms with Gasteiger partial charge in [-0.2, -0.15) is 4.67 Å². The van der Waals surface area contributed by atoms with E-state index >= 15 is 0 Å². The third kappa shape index (κ3) is 6.08. The summed E-state index contributed by atoms with van der Waals surface area (Å²) in [6.07, 6.45) is 3.08. The quantitative estimate of drug-likeness (QED) is 0.362. The molecule has 2 aromatic rings. The first-order valence-electron chi connectivity index (χ1n) is 11.0. The van der Waals surface area contributed by atoms with Gasteiger partial charge in [-0.1, -0.05) is 0 Å². The van der Waals surface area contributed by atoms with Crippen LogP contribution in [0.2, 0.25) is 0 Å². The number of methoxy groups -OCH3 is 6. The van der Waals surface area contributed by atoms with E-state index in [0.717, 1.165) is 4.67 Å². The Morgan fingerprint density at radius 3 is 1.24 bits per heavy atom. The third-order valence-corrected chi connectivity index (χ3v) is 6.73. The summed E-state index contributed by atoms with van der Waals surface area (Å²) in [6, 6.07) is 6.56. The normalized spacial score (nSPS) is 16.6. The number of hydrogen-bond donors (Lipinski definition) is 2. The first-order chi connectivity index (χ1) is 17.6. The predicted octanol–water partition coefficient (Wildman–Crippen LogP) is 3.18. The number of nitrogens with zero attached hydrogens (tertiary/aromatic N) is 1. The Kier molecular flexibility index (Phi) is 8.88. The van der Waals surface area contributed by atoms with Gasteiger partial charge < -0.3 is 38.2 Å². The molecule has 0 spiro atoms. The molecule has 2 aromatic carbocycles. The molecular formula is C25H30NO10P. The molecular weight excluding hydrogens is 505 g/mol. The summed E-state index contributed by atoms with van der Waals surface area (Å²) >= 11 is 0. The lowest BCUT2D eigenvalue weighted by Gasteiger charge is -2.29. The van der Waals surface area contributed by atoms with Gasteiger partial charge in [-0.15, -0.1) is 0 Å². The molecule has 1 aliphatic heterocycles. The Bertz CT molecular complexity index is 1140. The summed E-state index contributed by atoms with van der Waals surface area (Å²) in [6.45, 7) is -0.515. The molecule has 37 heavy (non-hydrogen) atoms. The lowest BCUT2D eigenvalue weighted by molar-refractivity contribution is -0.113. The number of benzene rings is 2. The summed E-state index contributed by atoms with van der Waals surface area (Å²) in [7, 11) is 4.13. The van der Waals surface area contributed by atoms with Gasteiger partial charge in [0.1, 0.15) is 0 Å². The minimum absolute atomic E-state index is 0.169. The van der Waals surface area contributed by atoms with Crippen LogP contribution < -0.4 is 28.4 Å². The van der Waals surface area contributed by atoms with Gasteiger partial charge in [0.15, 0.2) is 28.8 Å². The molecule has 3 rings (SSSR count). The van der Waals surface area contributed by atoms with E-state index in [9.17, 15) is 19.1 Å². The van der Waals surface area contributed by atoms with Crippen LogP contribution in [0.3, 0.4) is 0 Å². The highest BCUT2D eigenvalue weighted by Crippen LogP contribution is 2.45. The number of carbonyl (C=O) groups is 1. The van der Waals surface area contributed by atoms with Gasteiger partial charge in [-0.3, -0.25) is 4.79 Å². The lowest BCUT2D eigenvalue weighted by atomic mass is 9.95. The van der Waals surface area contributed by atoms with Crippen LogP contribution in [0.25, 0.3) is 12.2 Å². The minimum atomic E-state index is -4.68. The van der Waals surface area contributed by atoms with Crippen LogP contribution in [0.1, 0.15) is 11.1 Å². The fourth-order valence-corrected chi connectivity index (χ4v) is 4.65. The molecule has 11 nitrogen and oxygen atoms in total. The first-order valence-corrected chi connectivity index (χ1v) is 12.5. The van der Waals surface area contributed by atoms with Crippen LogP contribution >= 0.6 is 7.75 Å². The van der Waals surface area contributed by atoms with Crippen molar-refractivity contribution in [3.63, 3.8) is 0 Å². The number of ketones is 1. The SMILES string of the molecule is COc1cc(/C=C2/CN(P(=O)(O)O)C/C(=C\c3cc(OC)c(OC)c(OC)c3)C2=O)cc(OC)c1OC. The molecule has 12 heteroatoms. The Labute approximate surface area is 215 Å². The third-order valence-electron chi connectivity index (χ3n) is 5.71. The fourth-order valence-electron chi connectivity index (χ4n) is 3.98. The highest BCUT2D eigenvalue weighted by Gasteiger charge is 2.35. The van der Waals surface area contributed by atoms with Crippen LogP contribution in [-0.4, -0.2) is 76.0 Å². The average Bonchev–Trinajstić information content (AvgIpc) is 2.88. The van der Waals surface area contributed by atoms with Gasteiger partial charge >= 0.3 is 7.75 Å². The summed E-state index contributed by atoms with van der Waals surface area (Å²) in [5, 5.41) is 0. The highest BCUT2D eigenvalue weighted by molar-refractivity contribution is 7.49. The Morgan fingerprint density at radius 2 is 1.00 bits per heavy atom. The topological polar surface area (TPSA) is 133 Å². The molecule has 0 radical (unpaired) electrons. The van der Waals surface area contributed by atoms with Crippen molar-refractivity contribution in [1.82, 2.24) is 4.67 Å². The number of ether oxygens (including phenoxy) is 6. The van der Waals surface area contributed by atoms with Crippen LogP contribution in [0.4, 0.5) is 0 Å². The zero-order chi connectivity index (χ0) is 27.3. The van der Waals surface area contributed by atoms with E-state index in [0.29, 0.717) is 45.6 Å². The van der Waals surface area contributed by atoms with Crippen molar-refractivity contribution in [2.24, 2.45) is 0 Å². The fraction of sp³-hybridized carbons (Fsp3) is 0.320. The first kappa shape index (κ1) is 28.1. The molecule has 0 unspecified atom stereocenters. The van der Waals surface area contributed by atoms with Gasteiger partial charge in [0.2, 0.25) is 11.5 Å². The van der Waals surface area contributed by atoms with Crippen LogP contribution in [0.15, 0.2) is 35.4 Å². The lowest BCUT2D eigenvalue weighted by Crippen LogP contribution is -2.35. The van der Waals surface area contributed by atoms with Gasteiger partial charge in [0, 0.05) is 24.2 Å². The van der Waals surface area contributed by atoms with E-state index in [4.69, 9.17) is 28.4 Å². The predicted molar refractivity (Wildman–Crippen MR) is 137 cm³/mol. The molecule has 2 N–H and O–H groups in total. The number of hydrogen-bond acceptors (Lipinski definition) is 8. The van der Waals surface area contributed by atoms with E-state index in [1.165, 1.54) is 54.8 Å². The van der Waals surface area contributed by atoms with Crippen molar-refractivity contribution in [2.45, 2.75) is 0 Å². The van der Waals surface area contributed by atoms with E-state index in [1.54, 1.807) is 24.3 Å². The van der Waals surface area contributed by atoms with Gasteiger partial charge in [0.25, 0.3) is 0 Å². The largest absolute Gasteiger partial charge is 0.493 e. The van der Waals surface area contributed by atoms with Crippen molar-refractivity contribution in [2.75, 3.05) is 55.7 Å². The van der Waals surface area contributed by atoms with Gasteiger partial charge in [-0.25, -0.2) is 4.57 Å². The van der Waals surface area contributed by atoms with E-state index in [-0.39, 0.29) is 30.0 Å². The van der Waals surface area contributed by atoms with Crippen molar-refractivity contribution in [3.8, 4) is 34.5 Å². The number of rotatable bonds is 9. The van der Waals surface area contributed by atoms with E-state index < -0.39 is 7.75 Å². The van der Waals surface area contributed by atoms with Crippen LogP contribution in [0, 0.1) is 0 Å². The minimum Gasteiger partial charge on any atom is -0.493 e. The summed E-state index contributed by atoms with van der Waals surface area (Å²) in [5.41, 5.74) is 1.39. The standard InChI is InChI=1S/C25H30NO10P/c1-31-19-9-15(10-20(32-2)24(19)35-5)7-17-13-26(37(28,29)30)14-18(23(17)27)8-16-11-21(33-3)25(36-6)22(12-16)34-4/h7-12H,13-14H2,1-6H3,(H2,28,29,30)/b17-7-,18-8+. The zero-order valence-electron chi connectivity index (χ0n) is 21.4. The van der Waals surface area contributed by atoms with Gasteiger partial charge in [0.05, 0.1) is 42.7 Å². The second-order valence-corrected chi connectivity index (χ2v) is 9.51. The van der Waals surface area contributed by atoms with Crippen molar-refractivity contribution in [1.29, 1.82) is 0 Å². The molecule has 0 bridgehead atoms. The summed E-state index contributed by atoms with van der Waals surface area (Å²) in [4.78, 5) is 33.3. The molecule has 200 valence electrons. The summed E-state index contributed by atoms with van der Waals surface area (Å²) < 4.78 is 45.3. The molecule has 1 aliphatic rings. The monoisotopic (exact) mass is 535 g/mol. The maximum atomic E-state index is 13.5.